The van der Waals surface area contributed by atoms with Gasteiger partial charge in [0.05, 0.1) is 6.10 Å². The monoisotopic (exact) mass is 422 g/mol. The molecule has 2 nitrogen and oxygen atoms in total. The molecule has 0 aliphatic heterocycles. The van der Waals surface area contributed by atoms with Crippen molar-refractivity contribution in [3.63, 3.8) is 0 Å². The molecule has 4 aliphatic rings. The second kappa shape index (κ2) is 6.95. The van der Waals surface area contributed by atoms with Crippen molar-refractivity contribution in [2.24, 2.45) is 35.0 Å². The lowest BCUT2D eigenvalue weighted by Gasteiger charge is -2.60. The smallest absolute Gasteiger partial charge is 0.200 e. The van der Waals surface area contributed by atoms with E-state index in [-0.39, 0.29) is 6.10 Å². The van der Waals surface area contributed by atoms with Gasteiger partial charge in [-0.1, -0.05) is 66.1 Å². The van der Waals surface area contributed by atoms with E-state index in [1.165, 1.54) is 12.8 Å². The van der Waals surface area contributed by atoms with E-state index in [1.54, 1.807) is 0 Å². The predicted octanol–water partition coefficient (Wildman–Crippen LogP) is 6.94. The molecule has 4 bridgehead atoms. The van der Waals surface area contributed by atoms with Gasteiger partial charge in [-0.05, 0) is 64.5 Å². The van der Waals surface area contributed by atoms with Crippen LogP contribution in [-0.4, -0.2) is 20.2 Å². The van der Waals surface area contributed by atoms with Gasteiger partial charge >= 0.3 is 0 Å². The molecule has 0 aromatic carbocycles. The first-order valence-corrected chi connectivity index (χ1v) is 14.1. The number of hydrogen-bond acceptors (Lipinski definition) is 2. The van der Waals surface area contributed by atoms with E-state index < -0.39 is 8.32 Å². The molecule has 28 heavy (non-hydrogen) atoms. The molecule has 0 radical (unpaired) electrons. The van der Waals surface area contributed by atoms with Crippen LogP contribution >= 0.6 is 11.6 Å². The first kappa shape index (κ1) is 21.1. The van der Waals surface area contributed by atoms with Crippen molar-refractivity contribution in [3.05, 3.63) is 11.1 Å². The topological polar surface area (TPSA) is 26.3 Å². The summed E-state index contributed by atoms with van der Waals surface area (Å²) in [6, 6.07) is 0. The largest absolute Gasteiger partial charge is 0.413 e. The number of carbonyl (C=O) groups excluding carboxylic acids is 1. The van der Waals surface area contributed by atoms with Gasteiger partial charge in [-0.25, -0.2) is 0 Å². The third-order valence-electron chi connectivity index (χ3n) is 9.21. The van der Waals surface area contributed by atoms with E-state index in [1.807, 2.05) is 0 Å². The normalized spacial score (nSPS) is 39.1. The van der Waals surface area contributed by atoms with Crippen LogP contribution in [0.2, 0.25) is 16.6 Å². The minimum atomic E-state index is -1.98. The van der Waals surface area contributed by atoms with E-state index in [0.29, 0.717) is 70.3 Å². The average molecular weight is 423 g/mol. The number of carbonyl (C=O) groups is 1. The molecule has 0 saturated heterocycles. The zero-order valence-corrected chi connectivity index (χ0v) is 20.6. The van der Waals surface area contributed by atoms with Crippen LogP contribution in [0.5, 0.6) is 0 Å². The van der Waals surface area contributed by atoms with E-state index in [9.17, 15) is 4.79 Å². The van der Waals surface area contributed by atoms with Crippen molar-refractivity contribution in [2.45, 2.75) is 96.9 Å². The quantitative estimate of drug-likeness (QED) is 0.448. The predicted molar refractivity (Wildman–Crippen MR) is 119 cm³/mol. The number of allylic oxidation sites excluding steroid dienone is 2. The lowest BCUT2D eigenvalue weighted by atomic mass is 9.49. The molecule has 158 valence electrons. The van der Waals surface area contributed by atoms with Gasteiger partial charge in [-0.15, -0.1) is 0 Å². The lowest BCUT2D eigenvalue weighted by Crippen LogP contribution is -2.62. The van der Waals surface area contributed by atoms with Crippen molar-refractivity contribution in [3.8, 4) is 0 Å². The number of halogens is 1. The van der Waals surface area contributed by atoms with Gasteiger partial charge in [0.2, 0.25) is 8.32 Å². The maximum Gasteiger partial charge on any atom is 0.200 e. The van der Waals surface area contributed by atoms with Crippen molar-refractivity contribution in [1.29, 1.82) is 0 Å². The van der Waals surface area contributed by atoms with E-state index in [2.05, 4.69) is 54.5 Å². The van der Waals surface area contributed by atoms with Crippen LogP contribution in [0.15, 0.2) is 11.1 Å². The minimum Gasteiger partial charge on any atom is -0.413 e. The summed E-state index contributed by atoms with van der Waals surface area (Å²) < 4.78 is 7.43. The second-order valence-electron chi connectivity index (χ2n) is 11.3. The zero-order chi connectivity index (χ0) is 20.6. The SMILES string of the molecule is CC(C)[Si](O[C@@H]1[C@H]2CC(=O)C[C@@H]1[C@@H]1[C@H](C)C(Cl)=C[C@@H]2C12CC2)(C(C)C)C(C)C. The highest BCUT2D eigenvalue weighted by atomic mass is 35.5. The van der Waals surface area contributed by atoms with Gasteiger partial charge < -0.3 is 4.43 Å². The Morgan fingerprint density at radius 2 is 1.57 bits per heavy atom. The highest BCUT2D eigenvalue weighted by Crippen LogP contribution is 2.73. The summed E-state index contributed by atoms with van der Waals surface area (Å²) in [6.07, 6.45) is 6.67. The number of Topliss-reactive ketones (excluding diaryl/α,β-unsaturated/α-hetero) is 1. The Morgan fingerprint density at radius 3 is 2.07 bits per heavy atom. The third kappa shape index (κ3) is 2.78. The van der Waals surface area contributed by atoms with Gasteiger partial charge in [-0.2, -0.15) is 0 Å². The van der Waals surface area contributed by atoms with Crippen LogP contribution in [0.4, 0.5) is 0 Å². The summed E-state index contributed by atoms with van der Waals surface area (Å²) in [6.45, 7) is 16.5. The van der Waals surface area contributed by atoms with Gasteiger partial charge in [0.1, 0.15) is 5.78 Å². The number of hydrogen-bond donors (Lipinski definition) is 0. The maximum absolute atomic E-state index is 12.7. The maximum atomic E-state index is 12.7. The number of rotatable bonds is 5. The summed E-state index contributed by atoms with van der Waals surface area (Å²) >= 11 is 6.75. The standard InChI is InChI=1S/C24H39ClO2Si/c1-13(2)28(14(3)4,15(5)6)27-23-18-10-17(26)11-19(23)22-16(7)21(25)12-20(18)24(22)8-9-24/h12-16,18-20,22-23H,8-11H2,1-7H3/t16-,18+,19-,20+,22+,23-/m1/s1. The van der Waals surface area contributed by atoms with Crippen LogP contribution in [-0.2, 0) is 9.22 Å². The van der Waals surface area contributed by atoms with E-state index in [0.717, 1.165) is 5.03 Å². The van der Waals surface area contributed by atoms with Crippen molar-refractivity contribution in [2.75, 3.05) is 0 Å². The fourth-order valence-electron chi connectivity index (χ4n) is 8.18. The zero-order valence-electron chi connectivity index (χ0n) is 18.8. The molecule has 0 heterocycles. The average Bonchev–Trinajstić information content (AvgIpc) is 3.36. The molecule has 6 atom stereocenters. The van der Waals surface area contributed by atoms with Gasteiger partial charge in [0.15, 0.2) is 0 Å². The molecule has 0 unspecified atom stereocenters. The summed E-state index contributed by atoms with van der Waals surface area (Å²) in [5, 5.41) is 1.05. The molecule has 0 aromatic heterocycles. The molecular weight excluding hydrogens is 384 g/mol. The lowest BCUT2D eigenvalue weighted by molar-refractivity contribution is -0.147. The van der Waals surface area contributed by atoms with Crippen LogP contribution < -0.4 is 0 Å². The molecule has 1 spiro atoms. The van der Waals surface area contributed by atoms with Crippen LogP contribution in [0.25, 0.3) is 0 Å². The molecule has 4 aliphatic carbocycles. The highest BCUT2D eigenvalue weighted by Gasteiger charge is 2.69. The minimum absolute atomic E-state index is 0.251. The van der Waals surface area contributed by atoms with Crippen LogP contribution in [0, 0.1) is 35.0 Å². The molecule has 4 rings (SSSR count). The van der Waals surface area contributed by atoms with Crippen LogP contribution in [0.1, 0.15) is 74.1 Å². The van der Waals surface area contributed by atoms with E-state index >= 15 is 0 Å². The number of fused-ring (bicyclic) bond motifs is 4. The first-order chi connectivity index (χ1) is 13.1. The van der Waals surface area contributed by atoms with E-state index in [4.69, 9.17) is 16.0 Å². The number of ketones is 1. The Bertz CT molecular complexity index is 656. The fraction of sp³-hybridized carbons (Fsp3) is 0.875. The first-order valence-electron chi connectivity index (χ1n) is 11.6. The van der Waals surface area contributed by atoms with Crippen molar-refractivity contribution in [1.82, 2.24) is 0 Å². The summed E-state index contributed by atoms with van der Waals surface area (Å²) in [4.78, 5) is 12.7. The molecule has 3 saturated carbocycles. The summed E-state index contributed by atoms with van der Waals surface area (Å²) in [5.41, 5.74) is 2.16. The molecule has 0 N–H and O–H groups in total. The molecule has 0 amide bonds. The molecular formula is C24H39ClO2Si. The van der Waals surface area contributed by atoms with Crippen LogP contribution in [0.3, 0.4) is 0 Å². The van der Waals surface area contributed by atoms with Gasteiger partial charge in [0.25, 0.3) is 0 Å². The molecule has 4 heteroatoms. The van der Waals surface area contributed by atoms with Gasteiger partial charge in [0, 0.05) is 17.9 Å². The Balaban J connectivity index is 1.78. The second-order valence-corrected chi connectivity index (χ2v) is 17.1. The highest BCUT2D eigenvalue weighted by molar-refractivity contribution is 6.77. The molecule has 3 fully saturated rings. The van der Waals surface area contributed by atoms with Crippen molar-refractivity contribution < 1.29 is 9.22 Å². The Labute approximate surface area is 178 Å². The summed E-state index contributed by atoms with van der Waals surface area (Å²) in [5.74, 6) is 2.52. The molecule has 0 aromatic rings. The van der Waals surface area contributed by atoms with Crippen molar-refractivity contribution >= 4 is 25.7 Å². The van der Waals surface area contributed by atoms with Gasteiger partial charge in [-0.3, -0.25) is 4.79 Å². The third-order valence-corrected chi connectivity index (χ3v) is 15.8. The Hall–Kier alpha value is -0.123. The Kier molecular flexibility index (Phi) is 5.24. The summed E-state index contributed by atoms with van der Waals surface area (Å²) in [7, 11) is -1.98. The Morgan fingerprint density at radius 1 is 1.04 bits per heavy atom. The fourth-order valence-corrected chi connectivity index (χ4v) is 14.1.